The van der Waals surface area contributed by atoms with E-state index in [0.717, 1.165) is 25.0 Å². The second kappa shape index (κ2) is 3.41. The van der Waals surface area contributed by atoms with E-state index in [4.69, 9.17) is 5.73 Å². The van der Waals surface area contributed by atoms with Crippen molar-refractivity contribution in [2.75, 3.05) is 5.73 Å². The van der Waals surface area contributed by atoms with Crippen LogP contribution in [0.15, 0.2) is 10.9 Å². The first kappa shape index (κ1) is 9.53. The molecule has 0 amide bonds. The lowest BCUT2D eigenvalue weighted by atomic mass is 10.1. The van der Waals surface area contributed by atoms with E-state index in [1.165, 1.54) is 16.9 Å². The molecule has 1 aliphatic carbocycles. The minimum Gasteiger partial charge on any atom is -0.374 e. The summed E-state index contributed by atoms with van der Waals surface area (Å²) in [6.45, 7) is 0. The molecule has 1 aliphatic rings. The maximum absolute atomic E-state index is 11.8. The lowest BCUT2D eigenvalue weighted by Gasteiger charge is -2.00. The highest BCUT2D eigenvalue weighted by molar-refractivity contribution is 7.18. The van der Waals surface area contributed by atoms with Gasteiger partial charge in [0.25, 0.3) is 5.56 Å². The molecule has 82 valence electrons. The number of nitrogens with zero attached hydrogens (tertiary/aromatic N) is 2. The van der Waals surface area contributed by atoms with Gasteiger partial charge in [0.15, 0.2) is 5.01 Å². The molecular formula is C10H10N4OS. The van der Waals surface area contributed by atoms with Crippen LogP contribution in [0.2, 0.25) is 0 Å². The number of nitrogens with two attached hydrogens (primary N) is 1. The number of anilines is 1. The van der Waals surface area contributed by atoms with E-state index in [9.17, 15) is 4.79 Å². The molecule has 5 nitrogen and oxygen atoms in total. The van der Waals surface area contributed by atoms with E-state index in [1.807, 2.05) is 6.07 Å². The Morgan fingerprint density at radius 1 is 1.38 bits per heavy atom. The predicted molar refractivity (Wildman–Crippen MR) is 62.4 cm³/mol. The minimum absolute atomic E-state index is 0.100. The summed E-state index contributed by atoms with van der Waals surface area (Å²) in [6, 6.07) is 1.92. The van der Waals surface area contributed by atoms with Crippen molar-refractivity contribution in [1.82, 2.24) is 15.2 Å². The number of nitrogens with one attached hydrogen (secondary N) is 1. The second-order valence-electron chi connectivity index (χ2n) is 3.81. The van der Waals surface area contributed by atoms with E-state index >= 15 is 0 Å². The third-order valence-corrected chi connectivity index (χ3v) is 3.54. The quantitative estimate of drug-likeness (QED) is 0.769. The van der Waals surface area contributed by atoms with Gasteiger partial charge in [0.1, 0.15) is 0 Å². The van der Waals surface area contributed by atoms with Crippen LogP contribution in [0.1, 0.15) is 17.7 Å². The van der Waals surface area contributed by atoms with Crippen molar-refractivity contribution in [1.29, 1.82) is 0 Å². The summed E-state index contributed by atoms with van der Waals surface area (Å²) in [5, 5.41) is 8.59. The summed E-state index contributed by atoms with van der Waals surface area (Å²) < 4.78 is 0. The SMILES string of the molecule is Nc1nnc(-c2cc3c([nH]c2=O)CCC3)s1. The Labute approximate surface area is 95.3 Å². The summed E-state index contributed by atoms with van der Waals surface area (Å²) in [7, 11) is 0. The summed E-state index contributed by atoms with van der Waals surface area (Å²) in [5.74, 6) is 0. The molecule has 3 N–H and O–H groups in total. The van der Waals surface area contributed by atoms with Gasteiger partial charge < -0.3 is 10.7 Å². The van der Waals surface area contributed by atoms with Gasteiger partial charge in [-0.15, -0.1) is 10.2 Å². The number of aryl methyl sites for hydroxylation is 2. The fourth-order valence-electron chi connectivity index (χ4n) is 2.02. The molecular weight excluding hydrogens is 224 g/mol. The van der Waals surface area contributed by atoms with Crippen LogP contribution in [0.3, 0.4) is 0 Å². The fraction of sp³-hybridized carbons (Fsp3) is 0.300. The van der Waals surface area contributed by atoms with E-state index < -0.39 is 0 Å². The first-order valence-corrected chi connectivity index (χ1v) is 5.90. The van der Waals surface area contributed by atoms with Gasteiger partial charge in [-0.2, -0.15) is 0 Å². The fourth-order valence-corrected chi connectivity index (χ4v) is 2.64. The lowest BCUT2D eigenvalue weighted by molar-refractivity contribution is 0.897. The Morgan fingerprint density at radius 2 is 2.25 bits per heavy atom. The minimum atomic E-state index is -0.100. The molecule has 6 heteroatoms. The van der Waals surface area contributed by atoms with Crippen molar-refractivity contribution in [3.8, 4) is 10.6 Å². The summed E-state index contributed by atoms with van der Waals surface area (Å²) in [5.41, 5.74) is 8.26. The van der Waals surface area contributed by atoms with Crippen LogP contribution in [-0.2, 0) is 12.8 Å². The Balaban J connectivity index is 2.18. The molecule has 0 saturated carbocycles. The summed E-state index contributed by atoms with van der Waals surface area (Å²) in [6.07, 6.45) is 3.09. The average Bonchev–Trinajstić information content (AvgIpc) is 2.84. The number of pyridine rings is 1. The number of nitrogen functional groups attached to an aromatic ring is 1. The molecule has 3 rings (SSSR count). The summed E-state index contributed by atoms with van der Waals surface area (Å²) in [4.78, 5) is 14.7. The van der Waals surface area contributed by atoms with E-state index in [2.05, 4.69) is 15.2 Å². The molecule has 0 bridgehead atoms. The number of rotatable bonds is 1. The first-order valence-electron chi connectivity index (χ1n) is 5.08. The second-order valence-corrected chi connectivity index (χ2v) is 4.82. The Kier molecular flexibility index (Phi) is 2.03. The van der Waals surface area contributed by atoms with Gasteiger partial charge in [0.05, 0.1) is 5.56 Å². The van der Waals surface area contributed by atoms with Gasteiger partial charge in [-0.1, -0.05) is 11.3 Å². The Morgan fingerprint density at radius 3 is 3.00 bits per heavy atom. The number of fused-ring (bicyclic) bond motifs is 1. The zero-order chi connectivity index (χ0) is 11.1. The molecule has 0 unspecified atom stereocenters. The van der Waals surface area contributed by atoms with Crippen LogP contribution >= 0.6 is 11.3 Å². The van der Waals surface area contributed by atoms with Crippen molar-refractivity contribution < 1.29 is 0 Å². The van der Waals surface area contributed by atoms with Crippen molar-refractivity contribution in [3.63, 3.8) is 0 Å². The first-order chi connectivity index (χ1) is 7.74. The molecule has 0 atom stereocenters. The highest BCUT2D eigenvalue weighted by Gasteiger charge is 2.16. The van der Waals surface area contributed by atoms with Crippen LogP contribution in [0.5, 0.6) is 0 Å². The zero-order valence-electron chi connectivity index (χ0n) is 8.49. The van der Waals surface area contributed by atoms with E-state index in [0.29, 0.717) is 15.7 Å². The van der Waals surface area contributed by atoms with Crippen LogP contribution in [0, 0.1) is 0 Å². The molecule has 0 radical (unpaired) electrons. The van der Waals surface area contributed by atoms with Crippen molar-refractivity contribution in [2.45, 2.75) is 19.3 Å². The largest absolute Gasteiger partial charge is 0.374 e. The van der Waals surface area contributed by atoms with Gasteiger partial charge >= 0.3 is 0 Å². The Hall–Kier alpha value is -1.69. The van der Waals surface area contributed by atoms with E-state index in [-0.39, 0.29) is 5.56 Å². The number of hydrogen-bond acceptors (Lipinski definition) is 5. The molecule has 0 saturated heterocycles. The summed E-state index contributed by atoms with van der Waals surface area (Å²) >= 11 is 1.24. The smallest absolute Gasteiger partial charge is 0.258 e. The van der Waals surface area contributed by atoms with Gasteiger partial charge in [-0.25, -0.2) is 0 Å². The average molecular weight is 234 g/mol. The highest BCUT2D eigenvalue weighted by Crippen LogP contribution is 2.26. The van der Waals surface area contributed by atoms with Crippen LogP contribution in [-0.4, -0.2) is 15.2 Å². The van der Waals surface area contributed by atoms with Crippen molar-refractivity contribution in [3.05, 3.63) is 27.7 Å². The lowest BCUT2D eigenvalue weighted by Crippen LogP contribution is -2.11. The van der Waals surface area contributed by atoms with Gasteiger partial charge in [0.2, 0.25) is 5.13 Å². The van der Waals surface area contributed by atoms with Crippen molar-refractivity contribution in [2.24, 2.45) is 0 Å². The zero-order valence-corrected chi connectivity index (χ0v) is 9.30. The van der Waals surface area contributed by atoms with E-state index in [1.54, 1.807) is 0 Å². The number of H-pyrrole nitrogens is 1. The number of aromatic amines is 1. The van der Waals surface area contributed by atoms with Gasteiger partial charge in [-0.05, 0) is 30.9 Å². The third kappa shape index (κ3) is 1.42. The maximum atomic E-state index is 11.8. The topological polar surface area (TPSA) is 84.7 Å². The monoisotopic (exact) mass is 234 g/mol. The molecule has 0 aromatic carbocycles. The molecule has 0 spiro atoms. The van der Waals surface area contributed by atoms with Gasteiger partial charge in [0, 0.05) is 5.69 Å². The third-order valence-electron chi connectivity index (χ3n) is 2.76. The van der Waals surface area contributed by atoms with Crippen LogP contribution < -0.4 is 11.3 Å². The van der Waals surface area contributed by atoms with Crippen LogP contribution in [0.4, 0.5) is 5.13 Å². The van der Waals surface area contributed by atoms with Crippen molar-refractivity contribution >= 4 is 16.5 Å². The number of hydrogen-bond donors (Lipinski definition) is 2. The van der Waals surface area contributed by atoms with Gasteiger partial charge in [-0.3, -0.25) is 4.79 Å². The normalized spacial score (nSPS) is 14.0. The molecule has 0 aliphatic heterocycles. The number of aromatic nitrogens is 3. The standard InChI is InChI=1S/C10H10N4OS/c11-10-14-13-9(16-10)6-4-5-2-1-3-7(5)12-8(6)15/h4H,1-3H2,(H2,11,14)(H,12,15). The molecule has 16 heavy (non-hydrogen) atoms. The predicted octanol–water partition coefficient (Wildman–Crippen LogP) is 0.964. The Bertz CT molecular complexity index is 601. The molecule has 0 fully saturated rings. The van der Waals surface area contributed by atoms with Crippen LogP contribution in [0.25, 0.3) is 10.6 Å². The highest BCUT2D eigenvalue weighted by atomic mass is 32.1. The molecule has 2 aromatic heterocycles. The maximum Gasteiger partial charge on any atom is 0.258 e. The molecule has 2 heterocycles. The molecule has 2 aromatic rings.